The van der Waals surface area contributed by atoms with Crippen LogP contribution >= 0.6 is 0 Å². The third-order valence-electron chi connectivity index (χ3n) is 4.39. The summed E-state index contributed by atoms with van der Waals surface area (Å²) >= 11 is 0. The van der Waals surface area contributed by atoms with Crippen molar-refractivity contribution in [3.05, 3.63) is 30.1 Å². The lowest BCUT2D eigenvalue weighted by Crippen LogP contribution is -2.48. The van der Waals surface area contributed by atoms with Crippen molar-refractivity contribution in [2.45, 2.75) is 51.8 Å². The van der Waals surface area contributed by atoms with E-state index >= 15 is 0 Å². The predicted octanol–water partition coefficient (Wildman–Crippen LogP) is 1.75. The molecule has 0 spiro atoms. The smallest absolute Gasteiger partial charge is 0.315 e. The zero-order chi connectivity index (χ0) is 17.4. The van der Waals surface area contributed by atoms with Gasteiger partial charge in [-0.3, -0.25) is 9.88 Å². The van der Waals surface area contributed by atoms with Gasteiger partial charge in [-0.15, -0.1) is 0 Å². The van der Waals surface area contributed by atoms with Crippen LogP contribution in [0.2, 0.25) is 0 Å². The number of urea groups is 1. The topological polar surface area (TPSA) is 77.5 Å². The summed E-state index contributed by atoms with van der Waals surface area (Å²) in [5.74, 6) is 0.274. The van der Waals surface area contributed by atoms with Crippen molar-refractivity contribution in [3.8, 4) is 0 Å². The molecule has 2 atom stereocenters. The molecule has 2 unspecified atom stereocenters. The summed E-state index contributed by atoms with van der Waals surface area (Å²) in [6.07, 6.45) is 4.12. The molecule has 3 N–H and O–H groups in total. The number of aliphatic hydroxyl groups is 1. The van der Waals surface area contributed by atoms with E-state index in [1.54, 1.807) is 6.92 Å². The fourth-order valence-electron chi connectivity index (χ4n) is 3.13. The number of aliphatic hydroxyl groups excluding tert-OH is 1. The van der Waals surface area contributed by atoms with E-state index < -0.39 is 0 Å². The van der Waals surface area contributed by atoms with Gasteiger partial charge in [0.2, 0.25) is 0 Å². The Morgan fingerprint density at radius 1 is 1.38 bits per heavy atom. The van der Waals surface area contributed by atoms with E-state index in [1.807, 2.05) is 31.3 Å². The molecule has 6 nitrogen and oxygen atoms in total. The van der Waals surface area contributed by atoms with Gasteiger partial charge in [-0.1, -0.05) is 13.0 Å². The Labute approximate surface area is 144 Å². The van der Waals surface area contributed by atoms with Crippen LogP contribution in [0.15, 0.2) is 24.4 Å². The number of hydrogen-bond acceptors (Lipinski definition) is 4. The number of hydrogen-bond donors (Lipinski definition) is 3. The van der Waals surface area contributed by atoms with Crippen molar-refractivity contribution in [1.29, 1.82) is 0 Å². The number of nitrogens with one attached hydrogen (secondary N) is 2. The fraction of sp³-hybridized carbons (Fsp3) is 0.667. The molecule has 0 aromatic carbocycles. The Balaban J connectivity index is 1.63. The van der Waals surface area contributed by atoms with E-state index in [1.165, 1.54) is 0 Å². The maximum Gasteiger partial charge on any atom is 0.315 e. The molecule has 1 aromatic heterocycles. The largest absolute Gasteiger partial charge is 0.393 e. The molecule has 1 saturated heterocycles. The summed E-state index contributed by atoms with van der Waals surface area (Å²) in [7, 11) is 0. The second-order valence-electron chi connectivity index (χ2n) is 6.92. The molecule has 6 heteroatoms. The van der Waals surface area contributed by atoms with Gasteiger partial charge in [0, 0.05) is 38.4 Å². The SMILES string of the molecule is CC(O)CC(C)CNC(=O)NC1CCN(Cc2ccccn2)CC1. The molecule has 24 heavy (non-hydrogen) atoms. The minimum absolute atomic E-state index is 0.101. The number of carbonyl (C=O) groups excluding carboxylic acids is 1. The molecular formula is C18H30N4O2. The Morgan fingerprint density at radius 3 is 2.75 bits per heavy atom. The summed E-state index contributed by atoms with van der Waals surface area (Å²) < 4.78 is 0. The molecule has 2 heterocycles. The van der Waals surface area contributed by atoms with Gasteiger partial charge in [-0.05, 0) is 44.2 Å². The predicted molar refractivity (Wildman–Crippen MR) is 94.5 cm³/mol. The monoisotopic (exact) mass is 334 g/mol. The summed E-state index contributed by atoms with van der Waals surface area (Å²) in [5, 5.41) is 15.3. The highest BCUT2D eigenvalue weighted by molar-refractivity contribution is 5.74. The average Bonchev–Trinajstić information content (AvgIpc) is 2.55. The van der Waals surface area contributed by atoms with E-state index in [0.29, 0.717) is 13.0 Å². The minimum Gasteiger partial charge on any atom is -0.393 e. The molecule has 1 aliphatic heterocycles. The average molecular weight is 334 g/mol. The Morgan fingerprint density at radius 2 is 2.12 bits per heavy atom. The number of pyridine rings is 1. The van der Waals surface area contributed by atoms with Crippen molar-refractivity contribution in [3.63, 3.8) is 0 Å². The van der Waals surface area contributed by atoms with Crippen LogP contribution in [-0.4, -0.2) is 52.8 Å². The molecule has 1 fully saturated rings. The van der Waals surface area contributed by atoms with Gasteiger partial charge in [0.25, 0.3) is 0 Å². The van der Waals surface area contributed by atoms with Gasteiger partial charge in [-0.2, -0.15) is 0 Å². The Hall–Kier alpha value is -1.66. The molecule has 2 amide bonds. The zero-order valence-electron chi connectivity index (χ0n) is 14.7. The van der Waals surface area contributed by atoms with Gasteiger partial charge in [0.05, 0.1) is 11.8 Å². The lowest BCUT2D eigenvalue weighted by Gasteiger charge is -2.32. The fourth-order valence-corrected chi connectivity index (χ4v) is 3.13. The van der Waals surface area contributed by atoms with Gasteiger partial charge < -0.3 is 15.7 Å². The number of likely N-dealkylation sites (tertiary alicyclic amines) is 1. The van der Waals surface area contributed by atoms with E-state index in [4.69, 9.17) is 0 Å². The van der Waals surface area contributed by atoms with Gasteiger partial charge >= 0.3 is 6.03 Å². The van der Waals surface area contributed by atoms with Crippen LogP contribution in [0, 0.1) is 5.92 Å². The summed E-state index contributed by atoms with van der Waals surface area (Å²) in [4.78, 5) is 18.7. The Bertz CT molecular complexity index is 487. The maximum atomic E-state index is 12.0. The van der Waals surface area contributed by atoms with E-state index in [9.17, 15) is 9.90 Å². The third kappa shape index (κ3) is 6.84. The lowest BCUT2D eigenvalue weighted by atomic mass is 10.0. The highest BCUT2D eigenvalue weighted by atomic mass is 16.3. The molecule has 1 aromatic rings. The molecule has 0 bridgehead atoms. The number of nitrogens with zero attached hydrogens (tertiary/aromatic N) is 2. The first kappa shape index (κ1) is 18.7. The molecule has 0 radical (unpaired) electrons. The number of aromatic nitrogens is 1. The van der Waals surface area contributed by atoms with Crippen molar-refractivity contribution in [1.82, 2.24) is 20.5 Å². The minimum atomic E-state index is -0.326. The first-order chi connectivity index (χ1) is 11.5. The maximum absolute atomic E-state index is 12.0. The van der Waals surface area contributed by atoms with Crippen molar-refractivity contribution in [2.24, 2.45) is 5.92 Å². The molecule has 134 valence electrons. The standard InChI is InChI=1S/C18H30N4O2/c1-14(11-15(2)23)12-20-18(24)21-16-6-9-22(10-7-16)13-17-5-3-4-8-19-17/h3-5,8,14-16,23H,6-7,9-13H2,1-2H3,(H2,20,21,24). The highest BCUT2D eigenvalue weighted by Gasteiger charge is 2.21. The second kappa shape index (κ2) is 9.59. The van der Waals surface area contributed by atoms with Crippen molar-refractivity contribution >= 4 is 6.03 Å². The molecule has 1 aliphatic rings. The van der Waals surface area contributed by atoms with Crippen LogP contribution in [0.4, 0.5) is 4.79 Å². The van der Waals surface area contributed by atoms with Crippen LogP contribution in [0.3, 0.4) is 0 Å². The molecule has 0 aliphatic carbocycles. The molecule has 0 saturated carbocycles. The Kier molecular flexibility index (Phi) is 7.46. The summed E-state index contributed by atoms with van der Waals surface area (Å²) in [6.45, 7) is 7.21. The number of rotatable bonds is 7. The number of piperidine rings is 1. The lowest BCUT2D eigenvalue weighted by molar-refractivity contribution is 0.162. The second-order valence-corrected chi connectivity index (χ2v) is 6.92. The molecular weight excluding hydrogens is 304 g/mol. The number of amides is 2. The normalized spacial score (nSPS) is 18.8. The molecule has 2 rings (SSSR count). The number of carbonyl (C=O) groups is 1. The van der Waals surface area contributed by atoms with Crippen molar-refractivity contribution in [2.75, 3.05) is 19.6 Å². The van der Waals surface area contributed by atoms with Crippen LogP contribution in [0.1, 0.15) is 38.8 Å². The highest BCUT2D eigenvalue weighted by Crippen LogP contribution is 2.13. The van der Waals surface area contributed by atoms with E-state index in [-0.39, 0.29) is 24.1 Å². The quantitative estimate of drug-likeness (QED) is 0.710. The van der Waals surface area contributed by atoms with Crippen LogP contribution in [-0.2, 0) is 6.54 Å². The summed E-state index contributed by atoms with van der Waals surface area (Å²) in [5.41, 5.74) is 1.09. The first-order valence-electron chi connectivity index (χ1n) is 8.87. The van der Waals surface area contributed by atoms with Gasteiger partial charge in [0.15, 0.2) is 0 Å². The van der Waals surface area contributed by atoms with Crippen molar-refractivity contribution < 1.29 is 9.90 Å². The van der Waals surface area contributed by atoms with Crippen LogP contribution in [0.5, 0.6) is 0 Å². The van der Waals surface area contributed by atoms with Crippen LogP contribution < -0.4 is 10.6 Å². The van der Waals surface area contributed by atoms with E-state index in [2.05, 4.69) is 20.5 Å². The van der Waals surface area contributed by atoms with E-state index in [0.717, 1.165) is 38.2 Å². The van der Waals surface area contributed by atoms with Crippen LogP contribution in [0.25, 0.3) is 0 Å². The van der Waals surface area contributed by atoms with Gasteiger partial charge in [-0.25, -0.2) is 4.79 Å². The summed E-state index contributed by atoms with van der Waals surface area (Å²) in [6, 6.07) is 6.12. The van der Waals surface area contributed by atoms with Gasteiger partial charge in [0.1, 0.15) is 0 Å². The first-order valence-corrected chi connectivity index (χ1v) is 8.87. The zero-order valence-corrected chi connectivity index (χ0v) is 14.7. The third-order valence-corrected chi connectivity index (χ3v) is 4.39.